The second-order valence-electron chi connectivity index (χ2n) is 8.55. The summed E-state index contributed by atoms with van der Waals surface area (Å²) < 4.78 is 0. The Labute approximate surface area is 172 Å². The van der Waals surface area contributed by atoms with E-state index in [2.05, 4.69) is 22.3 Å². The van der Waals surface area contributed by atoms with Gasteiger partial charge in [0.25, 0.3) is 0 Å². The number of nitrogens with one attached hydrogen (secondary N) is 1. The normalized spacial score (nSPS) is 25.9. The van der Waals surface area contributed by atoms with Crippen LogP contribution < -0.4 is 5.32 Å². The SMILES string of the molecule is O=C(CCN1C(=O)C2CCCCC2C1=O)NCC(c1ccccc1)N1CCCC1. The quantitative estimate of drug-likeness (QED) is 0.718. The molecule has 0 spiro atoms. The lowest BCUT2D eigenvalue weighted by atomic mass is 9.81. The number of amides is 3. The molecule has 0 bridgehead atoms. The third-order valence-electron chi connectivity index (χ3n) is 6.75. The molecular formula is C23H31N3O3. The molecule has 3 atom stereocenters. The van der Waals surface area contributed by atoms with E-state index < -0.39 is 0 Å². The monoisotopic (exact) mass is 397 g/mol. The standard InChI is InChI=1S/C23H31N3O3/c27-21(12-15-26-22(28)18-10-4-5-11-19(18)23(26)29)24-16-20(25-13-6-7-14-25)17-8-2-1-3-9-17/h1-3,8-9,18-20H,4-7,10-16H2,(H,24,27). The number of imide groups is 1. The van der Waals surface area contributed by atoms with Crippen molar-refractivity contribution < 1.29 is 14.4 Å². The first kappa shape index (κ1) is 20.1. The van der Waals surface area contributed by atoms with Crippen LogP contribution in [0.25, 0.3) is 0 Å². The summed E-state index contributed by atoms with van der Waals surface area (Å²) >= 11 is 0. The molecule has 2 heterocycles. The second-order valence-corrected chi connectivity index (χ2v) is 8.55. The summed E-state index contributed by atoms with van der Waals surface area (Å²) in [6.07, 6.45) is 6.23. The Balaban J connectivity index is 1.31. The van der Waals surface area contributed by atoms with E-state index in [1.807, 2.05) is 18.2 Å². The van der Waals surface area contributed by atoms with Crippen molar-refractivity contribution >= 4 is 17.7 Å². The minimum atomic E-state index is -0.142. The van der Waals surface area contributed by atoms with Gasteiger partial charge < -0.3 is 5.32 Å². The van der Waals surface area contributed by atoms with E-state index in [0.717, 1.165) is 38.8 Å². The van der Waals surface area contributed by atoms with E-state index in [0.29, 0.717) is 6.54 Å². The molecule has 1 aromatic rings. The summed E-state index contributed by atoms with van der Waals surface area (Å²) in [6.45, 7) is 2.86. The molecule has 1 aliphatic carbocycles. The first-order valence-electron chi connectivity index (χ1n) is 11.1. The fourth-order valence-corrected chi connectivity index (χ4v) is 5.15. The van der Waals surface area contributed by atoms with Gasteiger partial charge in [0.15, 0.2) is 0 Å². The van der Waals surface area contributed by atoms with Crippen LogP contribution in [0.2, 0.25) is 0 Å². The molecule has 1 saturated carbocycles. The number of hydrogen-bond donors (Lipinski definition) is 1. The van der Waals surface area contributed by atoms with Crippen molar-refractivity contribution in [2.45, 2.75) is 51.0 Å². The minimum absolute atomic E-state index is 0.0632. The molecule has 3 fully saturated rings. The van der Waals surface area contributed by atoms with Crippen molar-refractivity contribution in [2.24, 2.45) is 11.8 Å². The van der Waals surface area contributed by atoms with Gasteiger partial charge in [0.1, 0.15) is 0 Å². The average Bonchev–Trinajstić information content (AvgIpc) is 3.36. The molecule has 4 rings (SSSR count). The maximum absolute atomic E-state index is 12.6. The molecule has 6 heteroatoms. The predicted octanol–water partition coefficient (Wildman–Crippen LogP) is 2.50. The third-order valence-corrected chi connectivity index (χ3v) is 6.75. The molecule has 0 radical (unpaired) electrons. The Morgan fingerprint density at radius 1 is 0.966 bits per heavy atom. The zero-order chi connectivity index (χ0) is 20.2. The van der Waals surface area contributed by atoms with Gasteiger partial charge in [-0.15, -0.1) is 0 Å². The van der Waals surface area contributed by atoms with Crippen LogP contribution in [0, 0.1) is 11.8 Å². The number of benzene rings is 1. The van der Waals surface area contributed by atoms with Gasteiger partial charge in [-0.3, -0.25) is 24.2 Å². The molecule has 0 aromatic heterocycles. The smallest absolute Gasteiger partial charge is 0.233 e. The van der Waals surface area contributed by atoms with Crippen LogP contribution >= 0.6 is 0 Å². The van der Waals surface area contributed by atoms with Crippen LogP contribution in [0.15, 0.2) is 30.3 Å². The number of nitrogens with zero attached hydrogens (tertiary/aromatic N) is 2. The summed E-state index contributed by atoms with van der Waals surface area (Å²) in [5.41, 5.74) is 1.21. The Morgan fingerprint density at radius 2 is 1.59 bits per heavy atom. The summed E-state index contributed by atoms with van der Waals surface area (Å²) in [7, 11) is 0. The van der Waals surface area contributed by atoms with Crippen molar-refractivity contribution in [3.05, 3.63) is 35.9 Å². The molecule has 3 aliphatic rings. The van der Waals surface area contributed by atoms with Crippen LogP contribution in [0.5, 0.6) is 0 Å². The molecule has 29 heavy (non-hydrogen) atoms. The fraction of sp³-hybridized carbons (Fsp3) is 0.609. The summed E-state index contributed by atoms with van der Waals surface area (Å²) in [4.78, 5) is 41.4. The van der Waals surface area contributed by atoms with Crippen molar-refractivity contribution in [3.63, 3.8) is 0 Å². The van der Waals surface area contributed by atoms with Gasteiger partial charge in [0.05, 0.1) is 17.9 Å². The van der Waals surface area contributed by atoms with Crippen molar-refractivity contribution in [3.8, 4) is 0 Å². The first-order chi connectivity index (χ1) is 14.1. The van der Waals surface area contributed by atoms with Crippen LogP contribution in [0.4, 0.5) is 0 Å². The number of rotatable bonds is 7. The number of fused-ring (bicyclic) bond motifs is 1. The van der Waals surface area contributed by atoms with E-state index in [1.165, 1.54) is 23.3 Å². The van der Waals surface area contributed by atoms with E-state index in [4.69, 9.17) is 0 Å². The first-order valence-corrected chi connectivity index (χ1v) is 11.1. The number of hydrogen-bond acceptors (Lipinski definition) is 4. The lowest BCUT2D eigenvalue weighted by molar-refractivity contribution is -0.140. The van der Waals surface area contributed by atoms with Gasteiger partial charge in [0.2, 0.25) is 17.7 Å². The summed E-state index contributed by atoms with van der Waals surface area (Å²) in [6, 6.07) is 10.5. The van der Waals surface area contributed by atoms with E-state index in [1.54, 1.807) is 0 Å². The molecular weight excluding hydrogens is 366 g/mol. The number of carbonyl (C=O) groups excluding carboxylic acids is 3. The van der Waals surface area contributed by atoms with Gasteiger partial charge in [0, 0.05) is 19.5 Å². The summed E-state index contributed by atoms with van der Waals surface area (Å²) in [5, 5.41) is 3.04. The number of carbonyl (C=O) groups is 3. The summed E-state index contributed by atoms with van der Waals surface area (Å²) in [5.74, 6) is -0.507. The van der Waals surface area contributed by atoms with Crippen LogP contribution in [-0.4, -0.2) is 53.7 Å². The van der Waals surface area contributed by atoms with E-state index >= 15 is 0 Å². The molecule has 3 unspecified atom stereocenters. The molecule has 3 amide bonds. The number of likely N-dealkylation sites (tertiary alicyclic amines) is 2. The largest absolute Gasteiger partial charge is 0.354 e. The maximum Gasteiger partial charge on any atom is 0.233 e. The molecule has 1 N–H and O–H groups in total. The highest BCUT2D eigenvalue weighted by Crippen LogP contribution is 2.38. The van der Waals surface area contributed by atoms with E-state index in [-0.39, 0.29) is 48.6 Å². The Hall–Kier alpha value is -2.21. The molecule has 6 nitrogen and oxygen atoms in total. The highest BCUT2D eigenvalue weighted by Gasteiger charge is 2.47. The van der Waals surface area contributed by atoms with Crippen LogP contribution in [-0.2, 0) is 14.4 Å². The lowest BCUT2D eigenvalue weighted by Gasteiger charge is -2.28. The molecule has 2 saturated heterocycles. The minimum Gasteiger partial charge on any atom is -0.354 e. The zero-order valence-corrected chi connectivity index (χ0v) is 17.0. The Bertz CT molecular complexity index is 721. The zero-order valence-electron chi connectivity index (χ0n) is 17.0. The van der Waals surface area contributed by atoms with E-state index in [9.17, 15) is 14.4 Å². The maximum atomic E-state index is 12.6. The van der Waals surface area contributed by atoms with Gasteiger partial charge in [-0.25, -0.2) is 0 Å². The van der Waals surface area contributed by atoms with Crippen molar-refractivity contribution in [1.29, 1.82) is 0 Å². The predicted molar refractivity (Wildman–Crippen MR) is 110 cm³/mol. The average molecular weight is 398 g/mol. The lowest BCUT2D eigenvalue weighted by Crippen LogP contribution is -2.39. The molecule has 156 valence electrons. The molecule has 1 aromatic carbocycles. The topological polar surface area (TPSA) is 69.7 Å². The highest BCUT2D eigenvalue weighted by molar-refractivity contribution is 6.05. The molecule has 2 aliphatic heterocycles. The van der Waals surface area contributed by atoms with Gasteiger partial charge >= 0.3 is 0 Å². The highest BCUT2D eigenvalue weighted by atomic mass is 16.2. The van der Waals surface area contributed by atoms with Crippen molar-refractivity contribution in [1.82, 2.24) is 15.1 Å². The Kier molecular flexibility index (Phi) is 6.28. The van der Waals surface area contributed by atoms with Crippen molar-refractivity contribution in [2.75, 3.05) is 26.2 Å². The van der Waals surface area contributed by atoms with Crippen LogP contribution in [0.3, 0.4) is 0 Å². The van der Waals surface area contributed by atoms with Gasteiger partial charge in [-0.05, 0) is 44.3 Å². The van der Waals surface area contributed by atoms with Gasteiger partial charge in [-0.2, -0.15) is 0 Å². The Morgan fingerprint density at radius 3 is 2.21 bits per heavy atom. The third kappa shape index (κ3) is 4.37. The van der Waals surface area contributed by atoms with Gasteiger partial charge in [-0.1, -0.05) is 43.2 Å². The fourth-order valence-electron chi connectivity index (χ4n) is 5.15. The second kappa shape index (κ2) is 9.08. The van der Waals surface area contributed by atoms with Crippen LogP contribution in [0.1, 0.15) is 56.6 Å².